The van der Waals surface area contributed by atoms with Gasteiger partial charge < -0.3 is 15.4 Å². The SMILES string of the molecule is CN=C(NNOC/C(=C/F)CN)N1CCOCC1. The summed E-state index contributed by atoms with van der Waals surface area (Å²) >= 11 is 0. The van der Waals surface area contributed by atoms with E-state index in [-0.39, 0.29) is 13.2 Å². The number of guanidine groups is 1. The van der Waals surface area contributed by atoms with E-state index in [0.717, 1.165) is 13.1 Å². The van der Waals surface area contributed by atoms with Gasteiger partial charge in [-0.1, -0.05) is 0 Å². The van der Waals surface area contributed by atoms with Crippen LogP contribution in [-0.4, -0.2) is 57.4 Å². The van der Waals surface area contributed by atoms with E-state index in [9.17, 15) is 4.39 Å². The van der Waals surface area contributed by atoms with E-state index >= 15 is 0 Å². The zero-order valence-electron chi connectivity index (χ0n) is 10.5. The predicted octanol–water partition coefficient (Wildman–Crippen LogP) is -0.858. The van der Waals surface area contributed by atoms with Crippen LogP contribution in [0.1, 0.15) is 0 Å². The van der Waals surface area contributed by atoms with E-state index in [4.69, 9.17) is 15.3 Å². The second kappa shape index (κ2) is 8.81. The van der Waals surface area contributed by atoms with E-state index in [1.54, 1.807) is 7.05 Å². The van der Waals surface area contributed by atoms with E-state index in [1.165, 1.54) is 0 Å². The van der Waals surface area contributed by atoms with E-state index < -0.39 is 0 Å². The molecule has 4 N–H and O–H groups in total. The Bertz CT molecular complexity index is 292. The van der Waals surface area contributed by atoms with Crippen LogP contribution in [0.5, 0.6) is 0 Å². The molecule has 0 aliphatic carbocycles. The van der Waals surface area contributed by atoms with Crippen LogP contribution in [0.25, 0.3) is 0 Å². The van der Waals surface area contributed by atoms with Crippen molar-refractivity contribution < 1.29 is 14.0 Å². The largest absolute Gasteiger partial charge is 0.378 e. The normalized spacial score (nSPS) is 18.1. The number of rotatable bonds is 5. The van der Waals surface area contributed by atoms with Crippen molar-refractivity contribution in [1.29, 1.82) is 0 Å². The molecule has 0 radical (unpaired) electrons. The number of halogens is 1. The van der Waals surface area contributed by atoms with E-state index in [1.807, 2.05) is 4.90 Å². The molecule has 7 nitrogen and oxygen atoms in total. The standard InChI is InChI=1S/C10H20FN5O2/c1-13-10(16-2-4-17-5-3-16)14-15-18-8-9(6-11)7-12/h6,15H,2-5,7-8,12H2,1H3,(H,13,14)/b9-6+. The third kappa shape index (κ3) is 4.96. The van der Waals surface area contributed by atoms with Crippen LogP contribution >= 0.6 is 0 Å². The Morgan fingerprint density at radius 2 is 2.28 bits per heavy atom. The van der Waals surface area contributed by atoms with Crippen molar-refractivity contribution in [2.45, 2.75) is 0 Å². The summed E-state index contributed by atoms with van der Waals surface area (Å²) in [4.78, 5) is 11.1. The van der Waals surface area contributed by atoms with Gasteiger partial charge >= 0.3 is 0 Å². The molecule has 0 amide bonds. The fraction of sp³-hybridized carbons (Fsp3) is 0.700. The average molecular weight is 261 g/mol. The maximum absolute atomic E-state index is 12.2. The quantitative estimate of drug-likeness (QED) is 0.258. The Morgan fingerprint density at radius 3 is 2.83 bits per heavy atom. The lowest BCUT2D eigenvalue weighted by Gasteiger charge is -2.29. The lowest BCUT2D eigenvalue weighted by molar-refractivity contribution is 0.0306. The third-order valence-electron chi connectivity index (χ3n) is 2.43. The van der Waals surface area contributed by atoms with Crippen molar-refractivity contribution in [3.8, 4) is 0 Å². The van der Waals surface area contributed by atoms with Crippen LogP contribution in [-0.2, 0) is 9.57 Å². The van der Waals surface area contributed by atoms with Crippen LogP contribution in [0.2, 0.25) is 0 Å². The van der Waals surface area contributed by atoms with Gasteiger partial charge in [0.05, 0.1) is 26.2 Å². The van der Waals surface area contributed by atoms with E-state index in [2.05, 4.69) is 16.0 Å². The summed E-state index contributed by atoms with van der Waals surface area (Å²) in [5.74, 6) is 0.650. The Morgan fingerprint density at radius 1 is 1.56 bits per heavy atom. The molecular weight excluding hydrogens is 241 g/mol. The summed E-state index contributed by atoms with van der Waals surface area (Å²) in [7, 11) is 1.67. The van der Waals surface area contributed by atoms with E-state index in [0.29, 0.717) is 31.1 Å². The number of aliphatic imine (C=N–C) groups is 1. The summed E-state index contributed by atoms with van der Waals surface area (Å²) < 4.78 is 17.4. The van der Waals surface area contributed by atoms with Crippen molar-refractivity contribution in [3.63, 3.8) is 0 Å². The van der Waals surface area contributed by atoms with Gasteiger partial charge in [-0.15, -0.1) is 5.59 Å². The zero-order valence-corrected chi connectivity index (χ0v) is 10.5. The second-order valence-corrected chi connectivity index (χ2v) is 3.63. The highest BCUT2D eigenvalue weighted by molar-refractivity contribution is 5.79. The first kappa shape index (κ1) is 14.8. The minimum Gasteiger partial charge on any atom is -0.378 e. The van der Waals surface area contributed by atoms with Crippen LogP contribution in [0.15, 0.2) is 16.9 Å². The summed E-state index contributed by atoms with van der Waals surface area (Å²) in [6, 6.07) is 0. The highest BCUT2D eigenvalue weighted by Crippen LogP contribution is 1.96. The van der Waals surface area contributed by atoms with Gasteiger partial charge in [0.25, 0.3) is 0 Å². The van der Waals surface area contributed by atoms with Gasteiger partial charge in [-0.25, -0.2) is 4.39 Å². The molecule has 0 saturated carbocycles. The number of nitrogens with zero attached hydrogens (tertiary/aromatic N) is 2. The fourth-order valence-electron chi connectivity index (χ4n) is 1.40. The van der Waals surface area contributed by atoms with Gasteiger partial charge in [0.1, 0.15) is 0 Å². The molecule has 8 heteroatoms. The number of nitrogens with one attached hydrogen (secondary N) is 2. The fourth-order valence-corrected chi connectivity index (χ4v) is 1.40. The number of hydrazine groups is 1. The highest BCUT2D eigenvalue weighted by atomic mass is 19.1. The van der Waals surface area contributed by atoms with Crippen molar-refractivity contribution in [3.05, 3.63) is 11.9 Å². The molecule has 1 aliphatic rings. The van der Waals surface area contributed by atoms with Crippen LogP contribution in [0.4, 0.5) is 4.39 Å². The Labute approximate surface area is 106 Å². The molecule has 1 heterocycles. The molecule has 1 rings (SSSR count). The molecule has 1 saturated heterocycles. The molecular formula is C10H20FN5O2. The minimum atomic E-state index is 0.0695. The predicted molar refractivity (Wildman–Crippen MR) is 66.2 cm³/mol. The second-order valence-electron chi connectivity index (χ2n) is 3.63. The molecule has 0 unspecified atom stereocenters. The molecule has 1 aliphatic heterocycles. The average Bonchev–Trinajstić information content (AvgIpc) is 2.44. The summed E-state index contributed by atoms with van der Waals surface area (Å²) in [5.41, 5.74) is 11.0. The van der Waals surface area contributed by atoms with Crippen LogP contribution in [0.3, 0.4) is 0 Å². The molecule has 1 fully saturated rings. The van der Waals surface area contributed by atoms with Crippen molar-refractivity contribution >= 4 is 5.96 Å². The summed E-state index contributed by atoms with van der Waals surface area (Å²) in [5, 5.41) is 0. The van der Waals surface area contributed by atoms with Gasteiger partial charge in [-0.05, 0) is 5.57 Å². The highest BCUT2D eigenvalue weighted by Gasteiger charge is 2.14. The molecule has 0 aromatic rings. The first-order valence-corrected chi connectivity index (χ1v) is 5.72. The van der Waals surface area contributed by atoms with Crippen LogP contribution < -0.4 is 16.7 Å². The van der Waals surface area contributed by atoms with Gasteiger partial charge in [0.2, 0.25) is 5.96 Å². The number of morpholine rings is 1. The maximum Gasteiger partial charge on any atom is 0.210 e. The summed E-state index contributed by atoms with van der Waals surface area (Å²) in [6.45, 7) is 3.06. The van der Waals surface area contributed by atoms with Crippen molar-refractivity contribution in [2.75, 3.05) is 46.5 Å². The summed E-state index contributed by atoms with van der Waals surface area (Å²) in [6.07, 6.45) is 0.443. The third-order valence-corrected chi connectivity index (χ3v) is 2.43. The number of ether oxygens (including phenoxy) is 1. The minimum absolute atomic E-state index is 0.0695. The van der Waals surface area contributed by atoms with Crippen LogP contribution in [0, 0.1) is 0 Å². The van der Waals surface area contributed by atoms with Gasteiger partial charge in [-0.3, -0.25) is 15.3 Å². The zero-order chi connectivity index (χ0) is 13.2. The molecule has 0 bridgehead atoms. The molecule has 0 aromatic heterocycles. The van der Waals surface area contributed by atoms with Crippen molar-refractivity contribution in [1.82, 2.24) is 15.9 Å². The molecule has 0 aromatic carbocycles. The lowest BCUT2D eigenvalue weighted by Crippen LogP contribution is -2.51. The molecule has 18 heavy (non-hydrogen) atoms. The van der Waals surface area contributed by atoms with Gasteiger partial charge in [-0.2, -0.15) is 0 Å². The molecule has 0 atom stereocenters. The van der Waals surface area contributed by atoms with Crippen molar-refractivity contribution in [2.24, 2.45) is 10.7 Å². The molecule has 0 spiro atoms. The monoisotopic (exact) mass is 261 g/mol. The Kier molecular flexibility index (Phi) is 7.26. The Hall–Kier alpha value is -1.22. The Balaban J connectivity index is 2.23. The van der Waals surface area contributed by atoms with Gasteiger partial charge in [0, 0.05) is 26.7 Å². The first-order chi connectivity index (χ1) is 8.81. The number of nitrogens with two attached hydrogens (primary N) is 1. The smallest absolute Gasteiger partial charge is 0.210 e. The topological polar surface area (TPSA) is 84.1 Å². The molecule has 104 valence electrons. The van der Waals surface area contributed by atoms with Gasteiger partial charge in [0.15, 0.2) is 0 Å². The first-order valence-electron chi connectivity index (χ1n) is 5.72. The lowest BCUT2D eigenvalue weighted by atomic mass is 10.3. The number of hydrogen-bond acceptors (Lipinski definition) is 5. The number of hydrogen-bond donors (Lipinski definition) is 3. The maximum atomic E-state index is 12.2.